The van der Waals surface area contributed by atoms with Crippen LogP contribution in [0, 0.1) is 0 Å². The quantitative estimate of drug-likeness (QED) is 0.190. The smallest absolute Gasteiger partial charge is 0.167 e. The molecule has 0 saturated heterocycles. The molecule has 0 atom stereocenters. The normalized spacial score (nSPS) is 13.4. The van der Waals surface area contributed by atoms with Gasteiger partial charge < -0.3 is 9.15 Å². The minimum Gasteiger partial charge on any atom is -0.456 e. The maximum Gasteiger partial charge on any atom is 0.167 e. The molecule has 238 valence electrons. The fraction of sp³-hybridized carbons (Fsp3) is 0.0217. The Morgan fingerprint density at radius 3 is 1.63 bits per heavy atom. The number of benzene rings is 7. The summed E-state index contributed by atoms with van der Waals surface area (Å²) < 4.78 is 13.8. The van der Waals surface area contributed by atoms with Crippen molar-refractivity contribution >= 4 is 21.9 Å². The van der Waals surface area contributed by atoms with Gasteiger partial charge in [0.25, 0.3) is 0 Å². The lowest BCUT2D eigenvalue weighted by atomic mass is 9.66. The summed E-state index contributed by atoms with van der Waals surface area (Å²) in [4.78, 5) is 15.0. The van der Waals surface area contributed by atoms with Crippen LogP contribution in [0.25, 0.3) is 67.2 Å². The fourth-order valence-corrected chi connectivity index (χ4v) is 8.30. The van der Waals surface area contributed by atoms with Crippen molar-refractivity contribution in [3.8, 4) is 56.8 Å². The Balaban J connectivity index is 1.19. The van der Waals surface area contributed by atoms with Gasteiger partial charge in [-0.15, -0.1) is 0 Å². The Bertz CT molecular complexity index is 2740. The van der Waals surface area contributed by atoms with Crippen LogP contribution < -0.4 is 4.74 Å². The first-order valence-corrected chi connectivity index (χ1v) is 17.1. The lowest BCUT2D eigenvalue weighted by Crippen LogP contribution is -2.32. The predicted molar refractivity (Wildman–Crippen MR) is 201 cm³/mol. The van der Waals surface area contributed by atoms with Crippen LogP contribution in [0.3, 0.4) is 0 Å². The zero-order valence-corrected chi connectivity index (χ0v) is 27.2. The van der Waals surface area contributed by atoms with E-state index in [9.17, 15) is 0 Å². The maximum atomic E-state index is 6.97. The van der Waals surface area contributed by atoms with Gasteiger partial charge >= 0.3 is 0 Å². The standard InChI is InChI=1S/C46H27N3O2/c1-3-14-28(15-4-1)43-47-44(29-16-5-2-6-17-29)49-45(48-43)33-21-13-20-32-40-39(51-41(32)33)27-26-37-42(40)50-38-25-12-11-24-36(38)46(37)34-22-9-7-18-30(34)31-19-8-10-23-35(31)46/h1-27H. The van der Waals surface area contributed by atoms with E-state index in [1.807, 2.05) is 78.9 Å². The number of aromatic nitrogens is 3. The van der Waals surface area contributed by atoms with Gasteiger partial charge in [0.05, 0.1) is 16.4 Å². The Hall–Kier alpha value is -6.85. The van der Waals surface area contributed by atoms with Crippen LogP contribution in [0.2, 0.25) is 0 Å². The molecular weight excluding hydrogens is 627 g/mol. The van der Waals surface area contributed by atoms with Crippen molar-refractivity contribution in [2.75, 3.05) is 0 Å². The number of ether oxygens (including phenoxy) is 1. The highest BCUT2D eigenvalue weighted by Gasteiger charge is 2.51. The van der Waals surface area contributed by atoms with Gasteiger partial charge in [-0.05, 0) is 46.5 Å². The van der Waals surface area contributed by atoms with Gasteiger partial charge in [-0.25, -0.2) is 15.0 Å². The average molecular weight is 654 g/mol. The molecule has 9 aromatic rings. The number of hydrogen-bond donors (Lipinski definition) is 0. The highest BCUT2D eigenvalue weighted by molar-refractivity contribution is 6.13. The zero-order valence-electron chi connectivity index (χ0n) is 27.2. The minimum absolute atomic E-state index is 0.544. The van der Waals surface area contributed by atoms with E-state index in [2.05, 4.69) is 84.9 Å². The highest BCUT2D eigenvalue weighted by atomic mass is 16.5. The Kier molecular flexibility index (Phi) is 5.81. The number of furan rings is 1. The molecule has 0 bridgehead atoms. The van der Waals surface area contributed by atoms with Crippen molar-refractivity contribution < 1.29 is 9.15 Å². The summed E-state index contributed by atoms with van der Waals surface area (Å²) in [6.45, 7) is 0. The van der Waals surface area contributed by atoms with E-state index in [-0.39, 0.29) is 0 Å². The van der Waals surface area contributed by atoms with Crippen LogP contribution in [-0.2, 0) is 5.41 Å². The van der Waals surface area contributed by atoms with Gasteiger partial charge in [-0.3, -0.25) is 0 Å². The zero-order chi connectivity index (χ0) is 33.5. The molecule has 0 N–H and O–H groups in total. The number of fused-ring (bicyclic) bond motifs is 13. The van der Waals surface area contributed by atoms with Gasteiger partial charge in [-0.1, -0.05) is 140 Å². The second-order valence-corrected chi connectivity index (χ2v) is 13.1. The third kappa shape index (κ3) is 3.88. The summed E-state index contributed by atoms with van der Waals surface area (Å²) in [6.07, 6.45) is 0. The van der Waals surface area contributed by atoms with Crippen LogP contribution >= 0.6 is 0 Å². The Labute approximate surface area is 293 Å². The molecule has 1 aliphatic heterocycles. The van der Waals surface area contributed by atoms with Gasteiger partial charge in [0.15, 0.2) is 17.5 Å². The minimum atomic E-state index is -0.559. The van der Waals surface area contributed by atoms with E-state index in [1.54, 1.807) is 0 Å². The van der Waals surface area contributed by atoms with Crippen LogP contribution in [0.1, 0.15) is 22.3 Å². The molecule has 51 heavy (non-hydrogen) atoms. The van der Waals surface area contributed by atoms with Crippen LogP contribution in [0.15, 0.2) is 168 Å². The number of rotatable bonds is 3. The molecular formula is C46H27N3O2. The Morgan fingerprint density at radius 2 is 0.961 bits per heavy atom. The molecule has 7 aromatic carbocycles. The summed E-state index contributed by atoms with van der Waals surface area (Å²) in [5.41, 5.74) is 10.7. The third-order valence-corrected chi connectivity index (χ3v) is 10.4. The fourth-order valence-electron chi connectivity index (χ4n) is 8.30. The summed E-state index contributed by atoms with van der Waals surface area (Å²) in [7, 11) is 0. The van der Waals surface area contributed by atoms with E-state index in [4.69, 9.17) is 24.1 Å². The highest BCUT2D eigenvalue weighted by Crippen LogP contribution is 2.63. The molecule has 5 heteroatoms. The molecule has 5 nitrogen and oxygen atoms in total. The lowest BCUT2D eigenvalue weighted by Gasteiger charge is -2.39. The molecule has 2 aliphatic rings. The first-order chi connectivity index (χ1) is 25.3. The van der Waals surface area contributed by atoms with Crippen LogP contribution in [0.4, 0.5) is 0 Å². The molecule has 0 amide bonds. The monoisotopic (exact) mass is 653 g/mol. The molecule has 2 aromatic heterocycles. The molecule has 11 rings (SSSR count). The molecule has 1 aliphatic carbocycles. The predicted octanol–water partition coefficient (Wildman–Crippen LogP) is 11.2. The summed E-state index contributed by atoms with van der Waals surface area (Å²) >= 11 is 0. The molecule has 1 spiro atoms. The van der Waals surface area contributed by atoms with Crippen molar-refractivity contribution in [3.63, 3.8) is 0 Å². The molecule has 0 radical (unpaired) electrons. The SMILES string of the molecule is c1ccc(-c2nc(-c3ccccc3)nc(-c3cccc4c3oc3ccc5c(c34)Oc3ccccc3C53c4ccccc4-c4ccccc43)n2)cc1. The second-order valence-electron chi connectivity index (χ2n) is 13.1. The van der Waals surface area contributed by atoms with Crippen molar-refractivity contribution in [2.24, 2.45) is 0 Å². The van der Waals surface area contributed by atoms with E-state index in [0.29, 0.717) is 23.1 Å². The number of hydrogen-bond acceptors (Lipinski definition) is 5. The summed E-state index contributed by atoms with van der Waals surface area (Å²) in [5.74, 6) is 3.39. The summed E-state index contributed by atoms with van der Waals surface area (Å²) in [6, 6.07) is 56.5. The van der Waals surface area contributed by atoms with E-state index >= 15 is 0 Å². The van der Waals surface area contributed by atoms with Gasteiger partial charge in [0, 0.05) is 27.6 Å². The van der Waals surface area contributed by atoms with E-state index in [1.165, 1.54) is 22.3 Å². The average Bonchev–Trinajstić information content (AvgIpc) is 3.73. The van der Waals surface area contributed by atoms with Crippen molar-refractivity contribution in [2.45, 2.75) is 5.41 Å². The topological polar surface area (TPSA) is 61.0 Å². The molecule has 3 heterocycles. The van der Waals surface area contributed by atoms with Crippen molar-refractivity contribution in [1.29, 1.82) is 0 Å². The summed E-state index contributed by atoms with van der Waals surface area (Å²) in [5, 5.41) is 1.87. The number of para-hydroxylation sites is 2. The van der Waals surface area contributed by atoms with E-state index < -0.39 is 5.41 Å². The second kappa shape index (κ2) is 10.6. The van der Waals surface area contributed by atoms with Gasteiger partial charge in [0.1, 0.15) is 22.7 Å². The lowest BCUT2D eigenvalue weighted by molar-refractivity contribution is 0.441. The molecule has 0 fully saturated rings. The third-order valence-electron chi connectivity index (χ3n) is 10.4. The number of nitrogens with zero attached hydrogens (tertiary/aromatic N) is 3. The maximum absolute atomic E-state index is 6.97. The first-order valence-electron chi connectivity index (χ1n) is 17.1. The first kappa shape index (κ1) is 28.0. The molecule has 0 saturated carbocycles. The Morgan fingerprint density at radius 1 is 0.412 bits per heavy atom. The van der Waals surface area contributed by atoms with Crippen molar-refractivity contribution in [1.82, 2.24) is 15.0 Å². The van der Waals surface area contributed by atoms with E-state index in [0.717, 1.165) is 55.7 Å². The molecule has 0 unspecified atom stereocenters. The van der Waals surface area contributed by atoms with Crippen LogP contribution in [0.5, 0.6) is 11.5 Å². The largest absolute Gasteiger partial charge is 0.456 e. The van der Waals surface area contributed by atoms with Gasteiger partial charge in [-0.2, -0.15) is 0 Å². The van der Waals surface area contributed by atoms with Crippen LogP contribution in [-0.4, -0.2) is 15.0 Å². The van der Waals surface area contributed by atoms with Gasteiger partial charge in [0.2, 0.25) is 0 Å². The van der Waals surface area contributed by atoms with Crippen molar-refractivity contribution in [3.05, 3.63) is 186 Å².